The average Bonchev–Trinajstić information content (AvgIpc) is 1.94. The molecule has 0 radical (unpaired) electrons. The highest BCUT2D eigenvalue weighted by molar-refractivity contribution is 5.88. The van der Waals surface area contributed by atoms with E-state index in [1.54, 1.807) is 4.90 Å². The lowest BCUT2D eigenvalue weighted by atomic mass is 10.5. The Morgan fingerprint density at radius 2 is 2.60 bits per heavy atom. The Morgan fingerprint density at radius 1 is 1.80 bits per heavy atom. The first-order valence-corrected chi connectivity index (χ1v) is 3.18. The van der Waals surface area contributed by atoms with Gasteiger partial charge >= 0.3 is 0 Å². The Hall–Kier alpha value is -0.930. The van der Waals surface area contributed by atoms with Crippen LogP contribution < -0.4 is 0 Å². The van der Waals surface area contributed by atoms with Crippen LogP contribution in [-0.4, -0.2) is 37.0 Å². The van der Waals surface area contributed by atoms with Crippen molar-refractivity contribution in [1.82, 2.24) is 4.90 Å². The number of rotatable bonds is 2. The van der Waals surface area contributed by atoms with Gasteiger partial charge in [-0.2, -0.15) is 0 Å². The molecule has 0 amide bonds. The second kappa shape index (κ2) is 3.29. The third-order valence-electron chi connectivity index (χ3n) is 1.39. The van der Waals surface area contributed by atoms with Gasteiger partial charge in [0.2, 0.25) is 0 Å². The zero-order valence-corrected chi connectivity index (χ0v) is 5.92. The number of hydrogen-bond donors (Lipinski definition) is 0. The Morgan fingerprint density at radius 3 is 3.20 bits per heavy atom. The molecule has 0 unspecified atom stereocenters. The molecule has 0 saturated carbocycles. The number of hydrogen-bond acceptors (Lipinski definition) is 3. The summed E-state index contributed by atoms with van der Waals surface area (Å²) in [4.78, 5) is 9.58. The van der Waals surface area contributed by atoms with E-state index < -0.39 is 0 Å². The summed E-state index contributed by atoms with van der Waals surface area (Å²) in [6.07, 6.45) is 1.50. The summed E-state index contributed by atoms with van der Waals surface area (Å²) in [7, 11) is 0. The van der Waals surface area contributed by atoms with Gasteiger partial charge in [0.15, 0.2) is 0 Å². The van der Waals surface area contributed by atoms with Crippen LogP contribution in [0.2, 0.25) is 0 Å². The molecule has 1 rings (SSSR count). The van der Waals surface area contributed by atoms with Gasteiger partial charge in [0.05, 0.1) is 0 Å². The molecule has 3 nitrogen and oxygen atoms in total. The van der Waals surface area contributed by atoms with Crippen LogP contribution in [0.15, 0.2) is 9.98 Å². The van der Waals surface area contributed by atoms with Crippen LogP contribution in [0.25, 0.3) is 0 Å². The predicted molar refractivity (Wildman–Crippen MR) is 39.1 cm³/mol. The highest BCUT2D eigenvalue weighted by Gasteiger charge is 2.06. The van der Waals surface area contributed by atoms with Crippen molar-refractivity contribution in [2.45, 2.75) is 6.92 Å². The molecule has 0 aromatic heterocycles. The lowest BCUT2D eigenvalue weighted by Crippen LogP contribution is -2.33. The maximum absolute atomic E-state index is 11.8. The quantitative estimate of drug-likeness (QED) is 0.558. The summed E-state index contributed by atoms with van der Waals surface area (Å²) in [6.45, 7) is 2.44. The molecule has 0 aromatic rings. The minimum absolute atomic E-state index is 0.345. The van der Waals surface area contributed by atoms with Crippen molar-refractivity contribution in [3.05, 3.63) is 0 Å². The van der Waals surface area contributed by atoms with Gasteiger partial charge in [0, 0.05) is 6.54 Å². The van der Waals surface area contributed by atoms with E-state index in [1.165, 1.54) is 6.34 Å². The zero-order valence-electron chi connectivity index (χ0n) is 5.92. The lowest BCUT2D eigenvalue weighted by molar-refractivity contribution is 0.358. The topological polar surface area (TPSA) is 28.0 Å². The van der Waals surface area contributed by atoms with Gasteiger partial charge in [0.25, 0.3) is 0 Å². The first-order chi connectivity index (χ1) is 4.84. The van der Waals surface area contributed by atoms with Crippen LogP contribution in [-0.2, 0) is 0 Å². The molecule has 0 fully saturated rings. The van der Waals surface area contributed by atoms with Gasteiger partial charge in [-0.25, -0.2) is 9.38 Å². The minimum atomic E-state index is -0.345. The van der Waals surface area contributed by atoms with Gasteiger partial charge in [-0.05, 0) is 6.92 Å². The summed E-state index contributed by atoms with van der Waals surface area (Å²) < 4.78 is 11.8. The van der Waals surface area contributed by atoms with Crippen LogP contribution in [0.4, 0.5) is 4.39 Å². The van der Waals surface area contributed by atoms with Crippen molar-refractivity contribution >= 4 is 12.2 Å². The van der Waals surface area contributed by atoms with Crippen molar-refractivity contribution in [2.24, 2.45) is 9.98 Å². The van der Waals surface area contributed by atoms with Crippen LogP contribution >= 0.6 is 0 Å². The van der Waals surface area contributed by atoms with E-state index in [2.05, 4.69) is 9.98 Å². The second-order valence-corrected chi connectivity index (χ2v) is 2.07. The maximum atomic E-state index is 11.8. The van der Waals surface area contributed by atoms with Crippen molar-refractivity contribution in [3.63, 3.8) is 0 Å². The first-order valence-electron chi connectivity index (χ1n) is 3.18. The molecule has 4 heteroatoms. The van der Waals surface area contributed by atoms with Crippen molar-refractivity contribution in [1.29, 1.82) is 0 Å². The van der Waals surface area contributed by atoms with Gasteiger partial charge in [-0.3, -0.25) is 4.99 Å². The normalized spacial score (nSPS) is 17.4. The zero-order chi connectivity index (χ0) is 7.40. The lowest BCUT2D eigenvalue weighted by Gasteiger charge is -2.21. The maximum Gasteiger partial charge on any atom is 0.114 e. The van der Waals surface area contributed by atoms with Crippen molar-refractivity contribution in [2.75, 3.05) is 19.9 Å². The smallest absolute Gasteiger partial charge is 0.114 e. The van der Waals surface area contributed by atoms with Crippen molar-refractivity contribution < 1.29 is 4.39 Å². The fraction of sp³-hybridized carbons (Fsp3) is 0.667. The second-order valence-electron chi connectivity index (χ2n) is 2.07. The standard InChI is InChI=1S/C6H10FN3/c1-6-9-4-8-5-10(6)3-2-7/h4H,2-3,5H2,1H3. The molecule has 56 valence electrons. The molecule has 1 aliphatic heterocycles. The van der Waals surface area contributed by atoms with Gasteiger partial charge in [0.1, 0.15) is 25.5 Å². The molecule has 0 aromatic carbocycles. The summed E-state index contributed by atoms with van der Waals surface area (Å²) in [5.74, 6) is 0.840. The van der Waals surface area contributed by atoms with Crippen LogP contribution in [0.1, 0.15) is 6.92 Å². The fourth-order valence-corrected chi connectivity index (χ4v) is 0.778. The molecule has 0 spiro atoms. The number of amidine groups is 1. The van der Waals surface area contributed by atoms with Gasteiger partial charge < -0.3 is 4.90 Å². The number of alkyl halides is 1. The molecule has 0 atom stereocenters. The Labute approximate surface area is 59.3 Å². The molecular weight excluding hydrogens is 133 g/mol. The molecule has 0 bridgehead atoms. The fourth-order valence-electron chi connectivity index (χ4n) is 0.778. The molecule has 0 N–H and O–H groups in total. The third kappa shape index (κ3) is 1.52. The van der Waals surface area contributed by atoms with Gasteiger partial charge in [-0.1, -0.05) is 0 Å². The van der Waals surface area contributed by atoms with Crippen LogP contribution in [0.5, 0.6) is 0 Å². The molecule has 1 aliphatic rings. The van der Waals surface area contributed by atoms with E-state index in [4.69, 9.17) is 0 Å². The van der Waals surface area contributed by atoms with E-state index >= 15 is 0 Å². The Bertz CT molecular complexity index is 164. The molecule has 10 heavy (non-hydrogen) atoms. The predicted octanol–water partition coefficient (Wildman–Crippen LogP) is 0.676. The number of halogens is 1. The summed E-state index contributed by atoms with van der Waals surface area (Å²) in [5, 5.41) is 0. The highest BCUT2D eigenvalue weighted by Crippen LogP contribution is 1.96. The van der Waals surface area contributed by atoms with E-state index in [0.29, 0.717) is 13.2 Å². The summed E-state index contributed by atoms with van der Waals surface area (Å²) >= 11 is 0. The third-order valence-corrected chi connectivity index (χ3v) is 1.39. The van der Waals surface area contributed by atoms with E-state index in [0.717, 1.165) is 5.84 Å². The molecule has 1 heterocycles. The van der Waals surface area contributed by atoms with Crippen LogP contribution in [0, 0.1) is 0 Å². The van der Waals surface area contributed by atoms with E-state index in [-0.39, 0.29) is 6.67 Å². The molecular formula is C6H10FN3. The number of nitrogens with zero attached hydrogens (tertiary/aromatic N) is 3. The summed E-state index contributed by atoms with van der Waals surface area (Å²) in [6, 6.07) is 0. The molecule has 0 saturated heterocycles. The monoisotopic (exact) mass is 143 g/mol. The average molecular weight is 143 g/mol. The van der Waals surface area contributed by atoms with Crippen LogP contribution in [0.3, 0.4) is 0 Å². The van der Waals surface area contributed by atoms with E-state index in [9.17, 15) is 4.39 Å². The minimum Gasteiger partial charge on any atom is -0.338 e. The van der Waals surface area contributed by atoms with E-state index in [1.807, 2.05) is 6.92 Å². The Kier molecular flexibility index (Phi) is 2.36. The first kappa shape index (κ1) is 7.18. The largest absolute Gasteiger partial charge is 0.338 e. The number of aliphatic imine (C=N–C) groups is 2. The van der Waals surface area contributed by atoms with Gasteiger partial charge in [-0.15, -0.1) is 0 Å². The highest BCUT2D eigenvalue weighted by atomic mass is 19.1. The SMILES string of the molecule is CC1=NC=NCN1CCF. The summed E-state index contributed by atoms with van der Waals surface area (Å²) in [5.41, 5.74) is 0. The Balaban J connectivity index is 2.47. The molecule has 0 aliphatic carbocycles. The van der Waals surface area contributed by atoms with Crippen molar-refractivity contribution in [3.8, 4) is 0 Å².